The number of esters is 1. The summed E-state index contributed by atoms with van der Waals surface area (Å²) in [6.07, 6.45) is 0.847. The highest BCUT2D eigenvalue weighted by Gasteiger charge is 2.67. The first kappa shape index (κ1) is 8.94. The van der Waals surface area contributed by atoms with Gasteiger partial charge in [-0.2, -0.15) is 0 Å². The van der Waals surface area contributed by atoms with Crippen LogP contribution < -0.4 is 0 Å². The van der Waals surface area contributed by atoms with Gasteiger partial charge in [-0.3, -0.25) is 9.59 Å². The molecule has 1 aliphatic heterocycles. The minimum absolute atomic E-state index is 0.00583. The normalized spacial score (nSPS) is 53.6. The summed E-state index contributed by atoms with van der Waals surface area (Å²) in [5.74, 6) is -1.65. The molecule has 0 radical (unpaired) electrons. The SMILES string of the molecule is O=C(O)[C@@H]1[C@H]2C[C@@H]3[C@@H](OC(=O)[C@@H]31)[C@H]2I. The van der Waals surface area contributed by atoms with Crippen molar-refractivity contribution in [3.8, 4) is 0 Å². The second-order valence-corrected chi connectivity index (χ2v) is 5.74. The van der Waals surface area contributed by atoms with Gasteiger partial charge in [0.2, 0.25) is 0 Å². The largest absolute Gasteiger partial charge is 0.481 e. The number of carboxylic acid groups (broad SMARTS) is 1. The lowest BCUT2D eigenvalue weighted by molar-refractivity contribution is -0.151. The highest BCUT2D eigenvalue weighted by atomic mass is 127. The second-order valence-electron chi connectivity index (χ2n) is 4.30. The van der Waals surface area contributed by atoms with Crippen molar-refractivity contribution in [2.45, 2.75) is 16.4 Å². The molecule has 4 nitrogen and oxygen atoms in total. The molecule has 0 aromatic rings. The monoisotopic (exact) mass is 308 g/mol. The zero-order chi connectivity index (χ0) is 10.0. The Hall–Kier alpha value is -0.330. The number of aliphatic carboxylic acids is 1. The molecule has 2 bridgehead atoms. The van der Waals surface area contributed by atoms with Gasteiger partial charge in [0, 0.05) is 5.92 Å². The molecule has 3 rings (SSSR count). The second kappa shape index (κ2) is 2.62. The van der Waals surface area contributed by atoms with Crippen molar-refractivity contribution in [2.75, 3.05) is 0 Å². The van der Waals surface area contributed by atoms with Gasteiger partial charge in [0.05, 0.1) is 15.8 Å². The fourth-order valence-electron chi connectivity index (χ4n) is 3.31. The summed E-state index contributed by atoms with van der Waals surface area (Å²) < 4.78 is 5.42. The number of carbonyl (C=O) groups excluding carboxylic acids is 1. The average molecular weight is 308 g/mol. The molecular weight excluding hydrogens is 299 g/mol. The molecule has 0 spiro atoms. The maximum Gasteiger partial charge on any atom is 0.310 e. The number of fused-ring (bicyclic) bond motifs is 1. The van der Waals surface area contributed by atoms with E-state index in [1.807, 2.05) is 0 Å². The van der Waals surface area contributed by atoms with E-state index < -0.39 is 11.9 Å². The Morgan fingerprint density at radius 1 is 1.50 bits per heavy atom. The molecule has 1 heterocycles. The number of hydrogen-bond acceptors (Lipinski definition) is 3. The van der Waals surface area contributed by atoms with Gasteiger partial charge < -0.3 is 9.84 Å². The molecule has 0 aromatic carbocycles. The lowest BCUT2D eigenvalue weighted by atomic mass is 9.80. The minimum Gasteiger partial charge on any atom is -0.481 e. The Labute approximate surface area is 94.1 Å². The van der Waals surface area contributed by atoms with E-state index in [0.717, 1.165) is 6.42 Å². The van der Waals surface area contributed by atoms with Gasteiger partial charge >= 0.3 is 11.9 Å². The van der Waals surface area contributed by atoms with Gasteiger partial charge in [-0.15, -0.1) is 0 Å². The zero-order valence-electron chi connectivity index (χ0n) is 7.22. The summed E-state index contributed by atoms with van der Waals surface area (Å²) in [6.45, 7) is 0. The quantitative estimate of drug-likeness (QED) is 0.440. The van der Waals surface area contributed by atoms with E-state index in [4.69, 9.17) is 9.84 Å². The molecule has 3 fully saturated rings. The third-order valence-corrected chi connectivity index (χ3v) is 5.44. The van der Waals surface area contributed by atoms with E-state index in [1.54, 1.807) is 0 Å². The van der Waals surface area contributed by atoms with Gasteiger partial charge in [-0.1, -0.05) is 22.6 Å². The molecule has 0 unspecified atom stereocenters. The smallest absolute Gasteiger partial charge is 0.310 e. The van der Waals surface area contributed by atoms with Crippen molar-refractivity contribution < 1.29 is 19.4 Å². The lowest BCUT2D eigenvalue weighted by Crippen LogP contribution is -2.37. The summed E-state index contributed by atoms with van der Waals surface area (Å²) in [7, 11) is 0. The maximum absolute atomic E-state index is 11.5. The number of ether oxygens (including phenoxy) is 1. The summed E-state index contributed by atoms with van der Waals surface area (Å²) in [5, 5.41) is 9.08. The van der Waals surface area contributed by atoms with Crippen molar-refractivity contribution in [3.05, 3.63) is 0 Å². The third kappa shape index (κ3) is 0.844. The van der Waals surface area contributed by atoms with Crippen LogP contribution in [-0.2, 0) is 14.3 Å². The zero-order valence-corrected chi connectivity index (χ0v) is 9.38. The lowest BCUT2D eigenvalue weighted by Gasteiger charge is -2.25. The highest BCUT2D eigenvalue weighted by molar-refractivity contribution is 14.1. The van der Waals surface area contributed by atoms with Crippen molar-refractivity contribution in [2.24, 2.45) is 23.7 Å². The van der Waals surface area contributed by atoms with E-state index >= 15 is 0 Å². The number of carboxylic acids is 1. The van der Waals surface area contributed by atoms with Crippen LogP contribution in [-0.4, -0.2) is 27.1 Å². The van der Waals surface area contributed by atoms with Crippen LogP contribution in [0.2, 0.25) is 0 Å². The molecule has 6 atom stereocenters. The van der Waals surface area contributed by atoms with Gasteiger partial charge in [-0.05, 0) is 12.3 Å². The van der Waals surface area contributed by atoms with Crippen LogP contribution in [0.25, 0.3) is 0 Å². The summed E-state index contributed by atoms with van der Waals surface area (Å²) in [5.41, 5.74) is 0. The number of alkyl halides is 1. The van der Waals surface area contributed by atoms with E-state index in [1.165, 1.54) is 0 Å². The van der Waals surface area contributed by atoms with E-state index in [9.17, 15) is 9.59 Å². The van der Waals surface area contributed by atoms with Gasteiger partial charge in [0.1, 0.15) is 6.10 Å². The predicted octanol–water partition coefficient (Wildman–Crippen LogP) is 0.682. The first-order chi connectivity index (χ1) is 6.61. The number of halogens is 1. The Balaban J connectivity index is 2.04. The van der Waals surface area contributed by atoms with Crippen molar-refractivity contribution in [1.29, 1.82) is 0 Å². The van der Waals surface area contributed by atoms with Crippen LogP contribution in [0.1, 0.15) is 6.42 Å². The minimum atomic E-state index is -0.832. The summed E-state index contributed by atoms with van der Waals surface area (Å²) >= 11 is 2.23. The van der Waals surface area contributed by atoms with Crippen LogP contribution in [0.3, 0.4) is 0 Å². The molecule has 14 heavy (non-hydrogen) atoms. The Kier molecular flexibility index (Phi) is 1.67. The van der Waals surface area contributed by atoms with Crippen LogP contribution >= 0.6 is 22.6 Å². The summed E-state index contributed by atoms with van der Waals surface area (Å²) in [4.78, 5) is 22.5. The summed E-state index contributed by atoms with van der Waals surface area (Å²) in [6, 6.07) is 0. The maximum atomic E-state index is 11.5. The molecule has 1 saturated heterocycles. The van der Waals surface area contributed by atoms with Crippen LogP contribution in [0.15, 0.2) is 0 Å². The van der Waals surface area contributed by atoms with Crippen LogP contribution in [0.4, 0.5) is 0 Å². The van der Waals surface area contributed by atoms with Crippen LogP contribution in [0, 0.1) is 23.7 Å². The number of carbonyl (C=O) groups is 2. The molecule has 0 aromatic heterocycles. The van der Waals surface area contributed by atoms with Gasteiger partial charge in [0.15, 0.2) is 0 Å². The average Bonchev–Trinajstić information content (AvgIpc) is 2.67. The fourth-order valence-corrected chi connectivity index (χ4v) is 4.73. The Morgan fingerprint density at radius 2 is 2.21 bits per heavy atom. The first-order valence-electron chi connectivity index (χ1n) is 4.68. The molecule has 1 N–H and O–H groups in total. The number of hydrogen-bond donors (Lipinski definition) is 1. The molecule has 5 heteroatoms. The highest BCUT2D eigenvalue weighted by Crippen LogP contribution is 2.59. The number of rotatable bonds is 1. The standard InChI is InChI=1S/C9H9IO4/c10-6-2-1-3-5(4(2)8(11)12)9(13)14-7(3)6/h2-7H,1H2,(H,11,12)/t2-,3+,4-,5+,6+,7-/m1/s1. The molecule has 2 aliphatic carbocycles. The molecule has 3 aliphatic rings. The Bertz CT molecular complexity index is 329. The van der Waals surface area contributed by atoms with Crippen molar-refractivity contribution >= 4 is 34.5 Å². The molecular formula is C9H9IO4. The van der Waals surface area contributed by atoms with E-state index in [0.29, 0.717) is 0 Å². The van der Waals surface area contributed by atoms with Gasteiger partial charge in [0.25, 0.3) is 0 Å². The third-order valence-electron chi connectivity index (χ3n) is 3.81. The molecule has 76 valence electrons. The molecule has 2 saturated carbocycles. The predicted molar refractivity (Wildman–Crippen MR) is 53.9 cm³/mol. The molecule has 0 amide bonds. The van der Waals surface area contributed by atoms with Gasteiger partial charge in [-0.25, -0.2) is 0 Å². The first-order valence-corrected chi connectivity index (χ1v) is 5.93. The van der Waals surface area contributed by atoms with Crippen LogP contribution in [0.5, 0.6) is 0 Å². The van der Waals surface area contributed by atoms with Crippen molar-refractivity contribution in [3.63, 3.8) is 0 Å². The van der Waals surface area contributed by atoms with E-state index in [2.05, 4.69) is 22.6 Å². The fraction of sp³-hybridized carbons (Fsp3) is 0.778. The van der Waals surface area contributed by atoms with Crippen molar-refractivity contribution in [1.82, 2.24) is 0 Å². The Morgan fingerprint density at radius 3 is 2.86 bits per heavy atom. The van der Waals surface area contributed by atoms with E-state index in [-0.39, 0.29) is 33.8 Å². The topological polar surface area (TPSA) is 63.6 Å².